The molecule has 0 aliphatic carbocycles. The van der Waals surface area contributed by atoms with Gasteiger partial charge in [-0.05, 0) is 48.0 Å². The first-order valence-corrected chi connectivity index (χ1v) is 8.32. The molecule has 0 spiro atoms. The summed E-state index contributed by atoms with van der Waals surface area (Å²) in [7, 11) is 0. The summed E-state index contributed by atoms with van der Waals surface area (Å²) in [6, 6.07) is 16.0. The van der Waals surface area contributed by atoms with Crippen LogP contribution < -0.4 is 10.9 Å². The second-order valence-electron chi connectivity index (χ2n) is 5.47. The third kappa shape index (κ3) is 4.42. The third-order valence-corrected chi connectivity index (χ3v) is 4.12. The van der Waals surface area contributed by atoms with E-state index in [9.17, 15) is 14.0 Å². The number of anilines is 1. The van der Waals surface area contributed by atoms with Crippen LogP contribution in [0.3, 0.4) is 0 Å². The number of rotatable bonds is 4. The lowest BCUT2D eigenvalue weighted by atomic mass is 10.2. The van der Waals surface area contributed by atoms with Crippen molar-refractivity contribution in [3.8, 4) is 0 Å². The number of nitrogens with zero attached hydrogens (tertiary/aromatic N) is 1. The minimum Gasteiger partial charge on any atom is -0.322 e. The van der Waals surface area contributed by atoms with Crippen LogP contribution in [0.4, 0.5) is 10.1 Å². The fraction of sp³-hybridized carbons (Fsp3) is 0.0526. The molecule has 0 saturated heterocycles. The Hall–Kier alpha value is -2.73. The Labute approximate surface area is 152 Å². The number of amides is 1. The van der Waals surface area contributed by atoms with E-state index in [1.807, 2.05) is 12.1 Å². The highest BCUT2D eigenvalue weighted by molar-refractivity contribution is 9.10. The highest BCUT2D eigenvalue weighted by Crippen LogP contribution is 2.15. The van der Waals surface area contributed by atoms with Gasteiger partial charge in [-0.25, -0.2) is 4.39 Å². The van der Waals surface area contributed by atoms with E-state index in [0.717, 1.165) is 4.47 Å². The fourth-order valence-electron chi connectivity index (χ4n) is 2.36. The maximum absolute atomic E-state index is 13.3. The topological polar surface area (TPSA) is 51.1 Å². The average molecular weight is 401 g/mol. The lowest BCUT2D eigenvalue weighted by molar-refractivity contribution is 0.102. The van der Waals surface area contributed by atoms with Crippen LogP contribution in [0, 0.1) is 5.82 Å². The van der Waals surface area contributed by atoms with E-state index >= 15 is 0 Å². The van der Waals surface area contributed by atoms with Crippen molar-refractivity contribution in [2.24, 2.45) is 0 Å². The average Bonchev–Trinajstić information content (AvgIpc) is 2.59. The van der Waals surface area contributed by atoms with Crippen LogP contribution in [-0.2, 0) is 6.54 Å². The summed E-state index contributed by atoms with van der Waals surface area (Å²) in [6.07, 6.45) is 1.47. The van der Waals surface area contributed by atoms with E-state index in [1.54, 1.807) is 24.3 Å². The van der Waals surface area contributed by atoms with Crippen LogP contribution in [0.2, 0.25) is 0 Å². The van der Waals surface area contributed by atoms with Crippen molar-refractivity contribution >= 4 is 27.5 Å². The molecule has 126 valence electrons. The summed E-state index contributed by atoms with van der Waals surface area (Å²) >= 11 is 3.33. The lowest BCUT2D eigenvalue weighted by Crippen LogP contribution is -2.22. The monoisotopic (exact) mass is 400 g/mol. The Morgan fingerprint density at radius 2 is 1.84 bits per heavy atom. The molecule has 1 aromatic heterocycles. The maximum atomic E-state index is 13.3. The number of benzene rings is 2. The second-order valence-corrected chi connectivity index (χ2v) is 6.39. The summed E-state index contributed by atoms with van der Waals surface area (Å²) in [6.45, 7) is 0.190. The molecule has 0 atom stereocenters. The van der Waals surface area contributed by atoms with E-state index < -0.39 is 0 Å². The molecule has 0 radical (unpaired) electrons. The Morgan fingerprint density at radius 1 is 1.08 bits per heavy atom. The molecule has 3 rings (SSSR count). The van der Waals surface area contributed by atoms with Crippen LogP contribution >= 0.6 is 15.9 Å². The molecule has 0 saturated carbocycles. The third-order valence-electron chi connectivity index (χ3n) is 3.59. The SMILES string of the molecule is O=C(Nc1ccc(Br)cc1)c1ccc(=O)n(Cc2cccc(F)c2)c1. The molecule has 0 fully saturated rings. The van der Waals surface area contributed by atoms with Gasteiger partial charge in [-0.2, -0.15) is 0 Å². The maximum Gasteiger partial charge on any atom is 0.257 e. The Morgan fingerprint density at radius 3 is 2.56 bits per heavy atom. The van der Waals surface area contributed by atoms with Gasteiger partial charge >= 0.3 is 0 Å². The van der Waals surface area contributed by atoms with Gasteiger partial charge in [0, 0.05) is 22.4 Å². The standard InChI is InChI=1S/C19H14BrFN2O2/c20-15-5-7-17(8-6-15)22-19(25)14-4-9-18(24)23(12-14)11-13-2-1-3-16(21)10-13/h1-10,12H,11H2,(H,22,25). The highest BCUT2D eigenvalue weighted by Gasteiger charge is 2.09. The molecule has 0 unspecified atom stereocenters. The molecule has 1 N–H and O–H groups in total. The number of hydrogen-bond acceptors (Lipinski definition) is 2. The number of hydrogen-bond donors (Lipinski definition) is 1. The van der Waals surface area contributed by atoms with E-state index in [0.29, 0.717) is 16.8 Å². The smallest absolute Gasteiger partial charge is 0.257 e. The molecule has 2 aromatic carbocycles. The first-order chi connectivity index (χ1) is 12.0. The zero-order chi connectivity index (χ0) is 17.8. The van der Waals surface area contributed by atoms with Crippen molar-refractivity contribution in [3.63, 3.8) is 0 Å². The van der Waals surface area contributed by atoms with Crippen LogP contribution in [-0.4, -0.2) is 10.5 Å². The molecule has 1 amide bonds. The lowest BCUT2D eigenvalue weighted by Gasteiger charge is -2.09. The van der Waals surface area contributed by atoms with Gasteiger partial charge in [0.2, 0.25) is 0 Å². The van der Waals surface area contributed by atoms with Crippen LogP contribution in [0.15, 0.2) is 76.1 Å². The normalized spacial score (nSPS) is 10.5. The first kappa shape index (κ1) is 17.1. The molecular weight excluding hydrogens is 387 g/mol. The van der Waals surface area contributed by atoms with Crippen LogP contribution in [0.25, 0.3) is 0 Å². The van der Waals surface area contributed by atoms with Gasteiger partial charge in [0.15, 0.2) is 0 Å². The molecule has 3 aromatic rings. The quantitative estimate of drug-likeness (QED) is 0.717. The van der Waals surface area contributed by atoms with Gasteiger partial charge in [-0.15, -0.1) is 0 Å². The number of carbonyl (C=O) groups excluding carboxylic acids is 1. The highest BCUT2D eigenvalue weighted by atomic mass is 79.9. The molecule has 4 nitrogen and oxygen atoms in total. The summed E-state index contributed by atoms with van der Waals surface area (Å²) < 4.78 is 15.6. The predicted molar refractivity (Wildman–Crippen MR) is 98.3 cm³/mol. The number of halogens is 2. The fourth-order valence-corrected chi connectivity index (χ4v) is 2.62. The van der Waals surface area contributed by atoms with Crippen molar-refractivity contribution in [1.29, 1.82) is 0 Å². The zero-order valence-corrected chi connectivity index (χ0v) is 14.7. The zero-order valence-electron chi connectivity index (χ0n) is 13.1. The summed E-state index contributed by atoms with van der Waals surface area (Å²) in [5.41, 5.74) is 1.38. The van der Waals surface area contributed by atoms with Gasteiger partial charge in [-0.3, -0.25) is 9.59 Å². The van der Waals surface area contributed by atoms with Crippen molar-refractivity contribution in [1.82, 2.24) is 4.57 Å². The minimum absolute atomic E-state index is 0.190. The number of nitrogens with one attached hydrogen (secondary N) is 1. The van der Waals surface area contributed by atoms with Gasteiger partial charge in [0.05, 0.1) is 12.1 Å². The van der Waals surface area contributed by atoms with Crippen LogP contribution in [0.5, 0.6) is 0 Å². The molecule has 25 heavy (non-hydrogen) atoms. The molecule has 1 heterocycles. The summed E-state index contributed by atoms with van der Waals surface area (Å²) in [5.74, 6) is -0.690. The van der Waals surface area contributed by atoms with Gasteiger partial charge < -0.3 is 9.88 Å². The van der Waals surface area contributed by atoms with Crippen molar-refractivity contribution in [3.05, 3.63) is 98.6 Å². The predicted octanol–water partition coefficient (Wildman–Crippen LogP) is 4.05. The Kier molecular flexibility index (Phi) is 5.09. The van der Waals surface area contributed by atoms with E-state index in [-0.39, 0.29) is 23.8 Å². The van der Waals surface area contributed by atoms with Crippen molar-refractivity contribution < 1.29 is 9.18 Å². The van der Waals surface area contributed by atoms with Crippen molar-refractivity contribution in [2.45, 2.75) is 6.54 Å². The number of carbonyl (C=O) groups is 1. The summed E-state index contributed by atoms with van der Waals surface area (Å²) in [4.78, 5) is 24.4. The van der Waals surface area contributed by atoms with Crippen molar-refractivity contribution in [2.75, 3.05) is 5.32 Å². The molecular formula is C19H14BrFN2O2. The van der Waals surface area contributed by atoms with E-state index in [2.05, 4.69) is 21.2 Å². The second kappa shape index (κ2) is 7.44. The number of aromatic nitrogens is 1. The van der Waals surface area contributed by atoms with Gasteiger partial charge in [0.25, 0.3) is 11.5 Å². The molecule has 0 bridgehead atoms. The van der Waals surface area contributed by atoms with Gasteiger partial charge in [0.1, 0.15) is 5.82 Å². The molecule has 0 aliphatic rings. The molecule has 0 aliphatic heterocycles. The van der Waals surface area contributed by atoms with Gasteiger partial charge in [-0.1, -0.05) is 28.1 Å². The molecule has 6 heteroatoms. The minimum atomic E-state index is -0.366. The van der Waals surface area contributed by atoms with E-state index in [1.165, 1.54) is 35.0 Å². The number of pyridine rings is 1. The Balaban J connectivity index is 1.82. The van der Waals surface area contributed by atoms with Crippen LogP contribution in [0.1, 0.15) is 15.9 Å². The van der Waals surface area contributed by atoms with E-state index in [4.69, 9.17) is 0 Å². The largest absolute Gasteiger partial charge is 0.322 e. The Bertz CT molecular complexity index is 968. The first-order valence-electron chi connectivity index (χ1n) is 7.53. The summed E-state index contributed by atoms with van der Waals surface area (Å²) in [5, 5.41) is 2.77.